The molecule has 1 aromatic rings. The van der Waals surface area contributed by atoms with E-state index in [1.807, 2.05) is 12.1 Å². The summed E-state index contributed by atoms with van der Waals surface area (Å²) in [4.78, 5) is 22.1. The number of hydrogen-bond donors (Lipinski definition) is 3. The summed E-state index contributed by atoms with van der Waals surface area (Å²) in [5, 5.41) is 13.6. The first-order valence-corrected chi connectivity index (χ1v) is 6.11. The van der Waals surface area contributed by atoms with Crippen molar-refractivity contribution in [1.82, 2.24) is 5.32 Å². The van der Waals surface area contributed by atoms with E-state index in [1.165, 1.54) is 6.92 Å². The van der Waals surface area contributed by atoms with E-state index < -0.39 is 18.0 Å². The van der Waals surface area contributed by atoms with Crippen molar-refractivity contribution in [1.29, 1.82) is 0 Å². The minimum atomic E-state index is -1.07. The molecule has 0 aliphatic heterocycles. The summed E-state index contributed by atoms with van der Waals surface area (Å²) < 4.78 is 0. The number of urea groups is 1. The fourth-order valence-electron chi connectivity index (χ4n) is 1.48. The van der Waals surface area contributed by atoms with E-state index in [1.54, 1.807) is 12.1 Å². The molecule has 2 amide bonds. The normalized spacial score (nSPS) is 12.6. The first-order valence-electron chi connectivity index (χ1n) is 6.11. The molecule has 0 aliphatic rings. The Labute approximate surface area is 113 Å². The van der Waals surface area contributed by atoms with Gasteiger partial charge in [0.05, 0.1) is 0 Å². The first-order chi connectivity index (χ1) is 8.70. The van der Waals surface area contributed by atoms with E-state index in [2.05, 4.69) is 31.4 Å². The molecule has 1 atom stereocenters. The zero-order valence-electron chi connectivity index (χ0n) is 11.7. The molecular formula is C14H20N2O3. The molecule has 0 spiro atoms. The third-order valence-electron chi connectivity index (χ3n) is 2.73. The fourth-order valence-corrected chi connectivity index (χ4v) is 1.48. The number of carboxylic acids is 1. The highest BCUT2D eigenvalue weighted by atomic mass is 16.4. The Balaban J connectivity index is 2.63. The van der Waals surface area contributed by atoms with Crippen molar-refractivity contribution < 1.29 is 14.7 Å². The predicted molar refractivity (Wildman–Crippen MR) is 74.4 cm³/mol. The third kappa shape index (κ3) is 4.62. The van der Waals surface area contributed by atoms with Crippen molar-refractivity contribution in [3.05, 3.63) is 29.8 Å². The largest absolute Gasteiger partial charge is 0.480 e. The molecule has 0 aromatic heterocycles. The van der Waals surface area contributed by atoms with Gasteiger partial charge in [0.15, 0.2) is 0 Å². The van der Waals surface area contributed by atoms with Gasteiger partial charge in [0.25, 0.3) is 0 Å². The highest BCUT2D eigenvalue weighted by molar-refractivity contribution is 5.92. The number of benzene rings is 1. The van der Waals surface area contributed by atoms with Gasteiger partial charge < -0.3 is 15.7 Å². The molecule has 5 nitrogen and oxygen atoms in total. The van der Waals surface area contributed by atoms with Crippen molar-refractivity contribution >= 4 is 17.7 Å². The molecular weight excluding hydrogens is 244 g/mol. The second kappa shape index (κ2) is 5.73. The molecule has 104 valence electrons. The van der Waals surface area contributed by atoms with Gasteiger partial charge >= 0.3 is 12.0 Å². The molecule has 0 aliphatic carbocycles. The summed E-state index contributed by atoms with van der Waals surface area (Å²) in [5.74, 6) is -1.07. The summed E-state index contributed by atoms with van der Waals surface area (Å²) in [6, 6.07) is 6.02. The van der Waals surface area contributed by atoms with E-state index in [4.69, 9.17) is 5.11 Å². The Morgan fingerprint density at radius 3 is 2.11 bits per heavy atom. The number of carbonyl (C=O) groups excluding carboxylic acids is 1. The zero-order chi connectivity index (χ0) is 14.6. The molecule has 1 aromatic carbocycles. The van der Waals surface area contributed by atoms with Gasteiger partial charge in [-0.3, -0.25) is 4.79 Å². The lowest BCUT2D eigenvalue weighted by molar-refractivity contribution is -0.138. The Hall–Kier alpha value is -2.04. The summed E-state index contributed by atoms with van der Waals surface area (Å²) in [5.41, 5.74) is 1.85. The monoisotopic (exact) mass is 264 g/mol. The second-order valence-corrected chi connectivity index (χ2v) is 5.49. The minimum absolute atomic E-state index is 0.0542. The molecule has 0 bridgehead atoms. The van der Waals surface area contributed by atoms with E-state index in [-0.39, 0.29) is 5.41 Å². The van der Waals surface area contributed by atoms with E-state index in [9.17, 15) is 9.59 Å². The summed E-state index contributed by atoms with van der Waals surface area (Å²) in [6.07, 6.45) is 0. The topological polar surface area (TPSA) is 78.4 Å². The average molecular weight is 264 g/mol. The van der Waals surface area contributed by atoms with Crippen LogP contribution in [-0.4, -0.2) is 23.1 Å². The number of amides is 2. The van der Waals surface area contributed by atoms with E-state index >= 15 is 0 Å². The lowest BCUT2D eigenvalue weighted by Crippen LogP contribution is -2.40. The maximum atomic E-state index is 11.5. The van der Waals surface area contributed by atoms with Crippen LogP contribution in [-0.2, 0) is 10.2 Å². The summed E-state index contributed by atoms with van der Waals surface area (Å²) >= 11 is 0. The minimum Gasteiger partial charge on any atom is -0.480 e. The van der Waals surface area contributed by atoms with Crippen LogP contribution in [0.5, 0.6) is 0 Å². The third-order valence-corrected chi connectivity index (χ3v) is 2.73. The van der Waals surface area contributed by atoms with Gasteiger partial charge in [0.1, 0.15) is 6.04 Å². The van der Waals surface area contributed by atoms with Crippen molar-refractivity contribution in [2.45, 2.75) is 39.2 Å². The molecule has 0 unspecified atom stereocenters. The lowest BCUT2D eigenvalue weighted by atomic mass is 9.87. The standard InChI is InChI=1S/C14H20N2O3/c1-9(12(17)18)15-13(19)16-11-7-5-10(6-8-11)14(2,3)4/h5-9H,1-4H3,(H,17,18)(H2,15,16,19)/t9-/m1/s1. The molecule has 0 heterocycles. The number of anilines is 1. The van der Waals surface area contributed by atoms with Crippen LogP contribution in [0.1, 0.15) is 33.3 Å². The molecule has 19 heavy (non-hydrogen) atoms. The highest BCUT2D eigenvalue weighted by Gasteiger charge is 2.15. The van der Waals surface area contributed by atoms with Gasteiger partial charge in [-0.1, -0.05) is 32.9 Å². The van der Waals surface area contributed by atoms with Gasteiger partial charge in [-0.05, 0) is 30.0 Å². The zero-order valence-corrected chi connectivity index (χ0v) is 11.7. The van der Waals surface area contributed by atoms with Crippen LogP contribution in [0.2, 0.25) is 0 Å². The fraction of sp³-hybridized carbons (Fsp3) is 0.429. The van der Waals surface area contributed by atoms with Crippen molar-refractivity contribution in [2.24, 2.45) is 0 Å². The average Bonchev–Trinajstić information content (AvgIpc) is 2.28. The molecule has 0 saturated heterocycles. The van der Waals surface area contributed by atoms with Crippen LogP contribution in [0.15, 0.2) is 24.3 Å². The number of aliphatic carboxylic acids is 1. The van der Waals surface area contributed by atoms with Gasteiger partial charge in [-0.15, -0.1) is 0 Å². The molecule has 3 N–H and O–H groups in total. The van der Waals surface area contributed by atoms with Gasteiger partial charge in [-0.25, -0.2) is 4.79 Å². The number of hydrogen-bond acceptors (Lipinski definition) is 2. The Kier molecular flexibility index (Phi) is 4.53. The molecule has 0 saturated carbocycles. The van der Waals surface area contributed by atoms with Crippen LogP contribution < -0.4 is 10.6 Å². The number of carbonyl (C=O) groups is 2. The van der Waals surface area contributed by atoms with Crippen molar-refractivity contribution in [3.8, 4) is 0 Å². The Morgan fingerprint density at radius 2 is 1.68 bits per heavy atom. The summed E-state index contributed by atoms with van der Waals surface area (Å²) in [6.45, 7) is 7.73. The van der Waals surface area contributed by atoms with Gasteiger partial charge in [0, 0.05) is 5.69 Å². The van der Waals surface area contributed by atoms with E-state index in [0.29, 0.717) is 5.69 Å². The Morgan fingerprint density at radius 1 is 1.16 bits per heavy atom. The summed E-state index contributed by atoms with van der Waals surface area (Å²) in [7, 11) is 0. The number of rotatable bonds is 3. The van der Waals surface area contributed by atoms with Gasteiger partial charge in [0.2, 0.25) is 0 Å². The Bertz CT molecular complexity index is 461. The maximum Gasteiger partial charge on any atom is 0.325 e. The van der Waals surface area contributed by atoms with Crippen molar-refractivity contribution in [3.63, 3.8) is 0 Å². The predicted octanol–water partition coefficient (Wildman–Crippen LogP) is 2.58. The molecule has 0 fully saturated rings. The van der Waals surface area contributed by atoms with E-state index in [0.717, 1.165) is 5.56 Å². The molecule has 1 rings (SSSR count). The number of nitrogens with one attached hydrogen (secondary N) is 2. The van der Waals surface area contributed by atoms with Gasteiger partial charge in [-0.2, -0.15) is 0 Å². The highest BCUT2D eigenvalue weighted by Crippen LogP contribution is 2.23. The SMILES string of the molecule is C[C@@H](NC(=O)Nc1ccc(C(C)(C)C)cc1)C(=O)O. The van der Waals surface area contributed by atoms with Crippen LogP contribution >= 0.6 is 0 Å². The van der Waals surface area contributed by atoms with Crippen LogP contribution in [0.4, 0.5) is 10.5 Å². The lowest BCUT2D eigenvalue weighted by Gasteiger charge is -2.19. The van der Waals surface area contributed by atoms with Crippen LogP contribution in [0.3, 0.4) is 0 Å². The molecule has 5 heteroatoms. The van der Waals surface area contributed by atoms with Crippen LogP contribution in [0, 0.1) is 0 Å². The maximum absolute atomic E-state index is 11.5. The number of carboxylic acid groups (broad SMARTS) is 1. The first kappa shape index (κ1) is 15.0. The molecule has 0 radical (unpaired) electrons. The second-order valence-electron chi connectivity index (χ2n) is 5.49. The smallest absolute Gasteiger partial charge is 0.325 e. The van der Waals surface area contributed by atoms with Crippen molar-refractivity contribution in [2.75, 3.05) is 5.32 Å². The van der Waals surface area contributed by atoms with Crippen LogP contribution in [0.25, 0.3) is 0 Å². The quantitative estimate of drug-likeness (QED) is 0.785.